The number of pyridine rings is 1. The van der Waals surface area contributed by atoms with Gasteiger partial charge in [0.1, 0.15) is 0 Å². The van der Waals surface area contributed by atoms with E-state index in [2.05, 4.69) is 10.3 Å². The molecule has 4 nitrogen and oxygen atoms in total. The molecule has 0 saturated carbocycles. The number of nitrogens with zero attached hydrogens (tertiary/aromatic N) is 1. The second-order valence-corrected chi connectivity index (χ2v) is 4.05. The zero-order valence-corrected chi connectivity index (χ0v) is 10.3. The van der Waals surface area contributed by atoms with Gasteiger partial charge in [-0.15, -0.1) is 0 Å². The molecule has 1 aromatic heterocycles. The Labute approximate surface area is 110 Å². The first-order valence-corrected chi connectivity index (χ1v) is 5.90. The number of hydrogen-bond donors (Lipinski definition) is 2. The van der Waals surface area contributed by atoms with Crippen LogP contribution in [0.25, 0.3) is 0 Å². The highest BCUT2D eigenvalue weighted by Gasteiger charge is 2.08. The highest BCUT2D eigenvalue weighted by Crippen LogP contribution is 2.13. The van der Waals surface area contributed by atoms with E-state index in [1.165, 1.54) is 12.3 Å². The van der Waals surface area contributed by atoms with Gasteiger partial charge >= 0.3 is 0 Å². The van der Waals surface area contributed by atoms with Crippen molar-refractivity contribution in [3.8, 4) is 0 Å². The van der Waals surface area contributed by atoms with Gasteiger partial charge < -0.3 is 11.1 Å². The molecule has 0 unspecified atom stereocenters. The third-order valence-corrected chi connectivity index (χ3v) is 2.67. The average Bonchev–Trinajstić information content (AvgIpc) is 2.42. The molecule has 19 heavy (non-hydrogen) atoms. The van der Waals surface area contributed by atoms with Gasteiger partial charge in [0.05, 0.1) is 11.9 Å². The van der Waals surface area contributed by atoms with E-state index in [1.54, 1.807) is 12.1 Å². The maximum absolute atomic E-state index is 13.3. The standard InChI is InChI=1S/C14H14FN3O/c15-12-9-17-8-6-13(12)18-14(19)11-3-1-10(2-4-11)5-7-16/h1-4,6,8-9H,5,7,16H2,(H,17,18,19). The molecule has 0 aliphatic heterocycles. The number of hydrogen-bond acceptors (Lipinski definition) is 3. The largest absolute Gasteiger partial charge is 0.330 e. The predicted octanol–water partition coefficient (Wildman–Crippen LogP) is 1.97. The number of rotatable bonds is 4. The topological polar surface area (TPSA) is 68.0 Å². The highest BCUT2D eigenvalue weighted by molar-refractivity contribution is 6.04. The molecule has 2 rings (SSSR count). The number of halogens is 1. The summed E-state index contributed by atoms with van der Waals surface area (Å²) in [6.07, 6.45) is 3.24. The van der Waals surface area contributed by atoms with Gasteiger partial charge in [-0.3, -0.25) is 9.78 Å². The lowest BCUT2D eigenvalue weighted by atomic mass is 10.1. The van der Waals surface area contributed by atoms with Crippen molar-refractivity contribution in [2.45, 2.75) is 6.42 Å². The van der Waals surface area contributed by atoms with Crippen molar-refractivity contribution in [3.05, 3.63) is 59.7 Å². The molecule has 0 aliphatic rings. The van der Waals surface area contributed by atoms with Gasteiger partial charge in [0, 0.05) is 11.8 Å². The van der Waals surface area contributed by atoms with Crippen molar-refractivity contribution in [1.82, 2.24) is 4.98 Å². The summed E-state index contributed by atoms with van der Waals surface area (Å²) in [5.41, 5.74) is 7.10. The van der Waals surface area contributed by atoms with E-state index in [0.717, 1.165) is 18.2 Å². The molecule has 3 N–H and O–H groups in total. The van der Waals surface area contributed by atoms with Crippen LogP contribution in [0.4, 0.5) is 10.1 Å². The van der Waals surface area contributed by atoms with E-state index >= 15 is 0 Å². The summed E-state index contributed by atoms with van der Waals surface area (Å²) in [5.74, 6) is -0.917. The fourth-order valence-electron chi connectivity index (χ4n) is 1.66. The number of benzene rings is 1. The Bertz CT molecular complexity index is 569. The van der Waals surface area contributed by atoms with Crippen molar-refractivity contribution >= 4 is 11.6 Å². The molecule has 0 aliphatic carbocycles. The molecule has 0 saturated heterocycles. The second-order valence-electron chi connectivity index (χ2n) is 4.05. The molecule has 0 atom stereocenters. The number of nitrogens with two attached hydrogens (primary N) is 1. The van der Waals surface area contributed by atoms with Crippen LogP contribution in [-0.4, -0.2) is 17.4 Å². The summed E-state index contributed by atoms with van der Waals surface area (Å²) in [6, 6.07) is 8.48. The Morgan fingerprint density at radius 3 is 2.63 bits per heavy atom. The number of nitrogens with one attached hydrogen (secondary N) is 1. The molecule has 0 fully saturated rings. The van der Waals surface area contributed by atoms with Crippen molar-refractivity contribution in [2.24, 2.45) is 5.73 Å². The van der Waals surface area contributed by atoms with Gasteiger partial charge in [-0.05, 0) is 36.7 Å². The van der Waals surface area contributed by atoms with Gasteiger partial charge in [-0.25, -0.2) is 4.39 Å². The normalized spacial score (nSPS) is 10.2. The van der Waals surface area contributed by atoms with Crippen molar-refractivity contribution < 1.29 is 9.18 Å². The van der Waals surface area contributed by atoms with Crippen LogP contribution in [0.1, 0.15) is 15.9 Å². The fraction of sp³-hybridized carbons (Fsp3) is 0.143. The lowest BCUT2D eigenvalue weighted by molar-refractivity contribution is 0.102. The van der Waals surface area contributed by atoms with Crippen molar-refractivity contribution in [2.75, 3.05) is 11.9 Å². The molecule has 2 aromatic rings. The van der Waals surface area contributed by atoms with E-state index in [-0.39, 0.29) is 11.6 Å². The molecule has 1 heterocycles. The Hall–Kier alpha value is -2.27. The van der Waals surface area contributed by atoms with Crippen molar-refractivity contribution in [1.29, 1.82) is 0 Å². The van der Waals surface area contributed by atoms with Crippen LogP contribution in [0.5, 0.6) is 0 Å². The first-order valence-electron chi connectivity index (χ1n) is 5.90. The van der Waals surface area contributed by atoms with Crippen LogP contribution in [-0.2, 0) is 6.42 Å². The summed E-state index contributed by atoms with van der Waals surface area (Å²) in [5, 5.41) is 2.50. The number of carbonyl (C=O) groups is 1. The average molecular weight is 259 g/mol. The van der Waals surface area contributed by atoms with E-state index in [1.807, 2.05) is 12.1 Å². The molecule has 98 valence electrons. The summed E-state index contributed by atoms with van der Waals surface area (Å²) in [6.45, 7) is 0.563. The molecular formula is C14H14FN3O. The quantitative estimate of drug-likeness (QED) is 0.882. The minimum absolute atomic E-state index is 0.117. The molecular weight excluding hydrogens is 245 g/mol. The Morgan fingerprint density at radius 2 is 2.00 bits per heavy atom. The number of aromatic nitrogens is 1. The summed E-state index contributed by atoms with van der Waals surface area (Å²) >= 11 is 0. The maximum atomic E-state index is 13.3. The molecule has 1 amide bonds. The SMILES string of the molecule is NCCc1ccc(C(=O)Nc2ccncc2F)cc1. The lowest BCUT2D eigenvalue weighted by Crippen LogP contribution is -2.13. The van der Waals surface area contributed by atoms with Crippen LogP contribution < -0.4 is 11.1 Å². The number of amides is 1. The van der Waals surface area contributed by atoms with Crippen LogP contribution in [0.15, 0.2) is 42.7 Å². The highest BCUT2D eigenvalue weighted by atomic mass is 19.1. The first kappa shape index (κ1) is 13.2. The van der Waals surface area contributed by atoms with Gasteiger partial charge in [0.25, 0.3) is 5.91 Å². The molecule has 0 bridgehead atoms. The molecule has 5 heteroatoms. The third kappa shape index (κ3) is 3.35. The zero-order valence-electron chi connectivity index (χ0n) is 10.3. The number of anilines is 1. The van der Waals surface area contributed by atoms with E-state index in [0.29, 0.717) is 12.1 Å². The van der Waals surface area contributed by atoms with E-state index < -0.39 is 5.82 Å². The third-order valence-electron chi connectivity index (χ3n) is 2.67. The van der Waals surface area contributed by atoms with Gasteiger partial charge in [-0.1, -0.05) is 12.1 Å². The maximum Gasteiger partial charge on any atom is 0.255 e. The van der Waals surface area contributed by atoms with Crippen LogP contribution in [0.2, 0.25) is 0 Å². The van der Waals surface area contributed by atoms with Crippen molar-refractivity contribution in [3.63, 3.8) is 0 Å². The molecule has 1 aromatic carbocycles. The van der Waals surface area contributed by atoms with Crippen LogP contribution >= 0.6 is 0 Å². The van der Waals surface area contributed by atoms with Gasteiger partial charge in [0.2, 0.25) is 0 Å². The van der Waals surface area contributed by atoms with E-state index in [4.69, 9.17) is 5.73 Å². The number of carbonyl (C=O) groups excluding carboxylic acids is 1. The van der Waals surface area contributed by atoms with E-state index in [9.17, 15) is 9.18 Å². The summed E-state index contributed by atoms with van der Waals surface area (Å²) < 4.78 is 13.3. The monoisotopic (exact) mass is 259 g/mol. The summed E-state index contributed by atoms with van der Waals surface area (Å²) in [7, 11) is 0. The van der Waals surface area contributed by atoms with Gasteiger partial charge in [-0.2, -0.15) is 0 Å². The minimum atomic E-state index is -0.560. The Balaban J connectivity index is 2.10. The summed E-state index contributed by atoms with van der Waals surface area (Å²) in [4.78, 5) is 15.5. The Morgan fingerprint density at radius 1 is 1.26 bits per heavy atom. The van der Waals surface area contributed by atoms with Crippen LogP contribution in [0.3, 0.4) is 0 Å². The Kier molecular flexibility index (Phi) is 4.20. The minimum Gasteiger partial charge on any atom is -0.330 e. The second kappa shape index (κ2) is 6.06. The predicted molar refractivity (Wildman–Crippen MR) is 71.3 cm³/mol. The molecule has 0 spiro atoms. The fourth-order valence-corrected chi connectivity index (χ4v) is 1.66. The first-order chi connectivity index (χ1) is 9.20. The van der Waals surface area contributed by atoms with Crippen LogP contribution in [0, 0.1) is 5.82 Å². The zero-order chi connectivity index (χ0) is 13.7. The smallest absolute Gasteiger partial charge is 0.255 e. The van der Waals surface area contributed by atoms with Gasteiger partial charge in [0.15, 0.2) is 5.82 Å². The lowest BCUT2D eigenvalue weighted by Gasteiger charge is -2.06. The molecule has 0 radical (unpaired) electrons.